The van der Waals surface area contributed by atoms with Crippen molar-refractivity contribution in [1.29, 1.82) is 0 Å². The number of aromatic nitrogens is 4. The van der Waals surface area contributed by atoms with Gasteiger partial charge in [0.2, 0.25) is 0 Å². The van der Waals surface area contributed by atoms with Crippen LogP contribution in [0.4, 0.5) is 0 Å². The number of nitrogens with zero attached hydrogens (tertiary/aromatic N) is 2. The number of hydrogen-bond donors (Lipinski definition) is 2. The van der Waals surface area contributed by atoms with E-state index in [2.05, 4.69) is 126 Å². The lowest BCUT2D eigenvalue weighted by molar-refractivity contribution is 1.07. The largest absolute Gasteiger partial charge is 0.355 e. The number of terminal acetylenes is 2. The highest BCUT2D eigenvalue weighted by atomic mass is 14.8. The lowest BCUT2D eigenvalue weighted by atomic mass is 9.89. The Morgan fingerprint density at radius 3 is 1.34 bits per heavy atom. The molecule has 2 aliphatic rings. The SMILES string of the molecule is C#Cc1ccc(-c2c3nc(cc4[nH]c(cc5[nH]c(c(CC)c5CC)c(-c5ccc(C#C)cc5)c5nc2C(CC)=C5CC)c(CC)c4CC)C(CC)=C3CC)cc1. The highest BCUT2D eigenvalue weighted by Crippen LogP contribution is 2.47. The maximum absolute atomic E-state index is 5.89. The Hall–Kier alpha value is -5.84. The summed E-state index contributed by atoms with van der Waals surface area (Å²) >= 11 is 0. The Kier molecular flexibility index (Phi) is 11.0. The van der Waals surface area contributed by atoms with Crippen molar-refractivity contribution in [1.82, 2.24) is 19.9 Å². The van der Waals surface area contributed by atoms with Crippen molar-refractivity contribution in [3.05, 3.63) is 117 Å². The lowest BCUT2D eigenvalue weighted by Crippen LogP contribution is -1.95. The van der Waals surface area contributed by atoms with Gasteiger partial charge in [0.1, 0.15) is 0 Å². The van der Waals surface area contributed by atoms with Gasteiger partial charge in [-0.15, -0.1) is 12.8 Å². The molecule has 0 unspecified atom stereocenters. The molecule has 5 aromatic rings. The second-order valence-corrected chi connectivity index (χ2v) is 14.7. The average Bonchev–Trinajstić information content (AvgIpc) is 3.97. The third-order valence-corrected chi connectivity index (χ3v) is 11.9. The third kappa shape index (κ3) is 6.32. The number of allylic oxidation sites excluding steroid dienone is 4. The van der Waals surface area contributed by atoms with Gasteiger partial charge in [-0.1, -0.05) is 91.5 Å². The van der Waals surface area contributed by atoms with Crippen molar-refractivity contribution in [2.24, 2.45) is 0 Å². The smallest absolute Gasteiger partial charge is 0.0772 e. The van der Waals surface area contributed by atoms with Gasteiger partial charge in [0, 0.05) is 38.8 Å². The molecule has 56 heavy (non-hydrogen) atoms. The molecule has 2 N–H and O–H groups in total. The van der Waals surface area contributed by atoms with Crippen LogP contribution in [0.15, 0.2) is 60.7 Å². The van der Waals surface area contributed by atoms with Crippen LogP contribution in [0, 0.1) is 24.7 Å². The summed E-state index contributed by atoms with van der Waals surface area (Å²) < 4.78 is 0. The first-order valence-electron chi connectivity index (χ1n) is 20.8. The molecule has 7 rings (SSSR count). The summed E-state index contributed by atoms with van der Waals surface area (Å²) in [5, 5.41) is 0. The van der Waals surface area contributed by atoms with Crippen molar-refractivity contribution < 1.29 is 0 Å². The number of fused-ring (bicyclic) bond motifs is 8. The molecule has 0 fully saturated rings. The molecule has 2 aromatic carbocycles. The Bertz CT molecular complexity index is 2660. The van der Waals surface area contributed by atoms with Crippen LogP contribution in [0.3, 0.4) is 0 Å². The summed E-state index contributed by atoms with van der Waals surface area (Å²) in [6.45, 7) is 18.1. The molecule has 0 radical (unpaired) electrons. The molecule has 0 spiro atoms. The molecule has 0 atom stereocenters. The van der Waals surface area contributed by atoms with Crippen molar-refractivity contribution in [2.75, 3.05) is 0 Å². The summed E-state index contributed by atoms with van der Waals surface area (Å²) in [6.07, 6.45) is 18.8. The Morgan fingerprint density at radius 2 is 0.857 bits per heavy atom. The van der Waals surface area contributed by atoms with Gasteiger partial charge in [0.15, 0.2) is 0 Å². The van der Waals surface area contributed by atoms with Crippen molar-refractivity contribution in [2.45, 2.75) is 107 Å². The van der Waals surface area contributed by atoms with E-state index >= 15 is 0 Å². The Balaban J connectivity index is 1.84. The maximum atomic E-state index is 5.89. The fourth-order valence-corrected chi connectivity index (χ4v) is 9.30. The number of benzene rings is 2. The van der Waals surface area contributed by atoms with E-state index in [1.165, 1.54) is 44.5 Å². The minimum Gasteiger partial charge on any atom is -0.355 e. The molecule has 8 bridgehead atoms. The van der Waals surface area contributed by atoms with E-state index in [1.54, 1.807) is 0 Å². The van der Waals surface area contributed by atoms with Gasteiger partial charge in [-0.3, -0.25) is 0 Å². The van der Waals surface area contributed by atoms with E-state index in [-0.39, 0.29) is 0 Å². The van der Waals surface area contributed by atoms with E-state index in [9.17, 15) is 0 Å². The molecule has 282 valence electrons. The first-order valence-corrected chi connectivity index (χ1v) is 20.8. The zero-order valence-electron chi connectivity index (χ0n) is 34.5. The third-order valence-electron chi connectivity index (χ3n) is 11.9. The van der Waals surface area contributed by atoms with Gasteiger partial charge in [-0.05, 0) is 143 Å². The lowest BCUT2D eigenvalue weighted by Gasteiger charge is -2.13. The highest BCUT2D eigenvalue weighted by Gasteiger charge is 2.30. The molecule has 0 saturated carbocycles. The Labute approximate surface area is 333 Å². The van der Waals surface area contributed by atoms with E-state index < -0.39 is 0 Å². The van der Waals surface area contributed by atoms with Crippen LogP contribution in [-0.4, -0.2) is 19.9 Å². The summed E-state index contributed by atoms with van der Waals surface area (Å²) in [7, 11) is 0. The number of aromatic amines is 2. The summed E-state index contributed by atoms with van der Waals surface area (Å²) in [4.78, 5) is 19.4. The second kappa shape index (κ2) is 16.1. The summed E-state index contributed by atoms with van der Waals surface area (Å²) in [5.74, 6) is 5.65. The normalized spacial score (nSPS) is 12.7. The molecule has 0 amide bonds. The topological polar surface area (TPSA) is 57.4 Å². The first-order chi connectivity index (χ1) is 27.3. The predicted octanol–water partition coefficient (Wildman–Crippen LogP) is 13.3. The fourth-order valence-electron chi connectivity index (χ4n) is 9.30. The molecule has 4 nitrogen and oxygen atoms in total. The average molecular weight is 735 g/mol. The summed E-state index contributed by atoms with van der Waals surface area (Å²) in [5.41, 5.74) is 25.1. The Morgan fingerprint density at radius 1 is 0.446 bits per heavy atom. The second-order valence-electron chi connectivity index (χ2n) is 14.7. The van der Waals surface area contributed by atoms with Crippen LogP contribution in [0.1, 0.15) is 137 Å². The van der Waals surface area contributed by atoms with Gasteiger partial charge < -0.3 is 9.97 Å². The molecule has 2 aliphatic heterocycles. The molecular weight excluding hydrogens is 681 g/mol. The number of hydrogen-bond acceptors (Lipinski definition) is 2. The van der Waals surface area contributed by atoms with Crippen molar-refractivity contribution >= 4 is 44.4 Å². The van der Waals surface area contributed by atoms with Gasteiger partial charge in [-0.25, -0.2) is 9.97 Å². The minimum absolute atomic E-state index is 0.831. The van der Waals surface area contributed by atoms with E-state index in [0.29, 0.717) is 0 Å². The van der Waals surface area contributed by atoms with Crippen LogP contribution < -0.4 is 0 Å². The molecule has 3 aromatic heterocycles. The monoisotopic (exact) mass is 734 g/mol. The highest BCUT2D eigenvalue weighted by molar-refractivity contribution is 6.06. The molecule has 4 heteroatoms. The standard InChI is InChI=1S/C52H54N4/c1-11-31-21-25-33(26-22-31)47-49-39(17-7)37(15-5)45(54-49)29-43-35(13-3)36(14-4)44(53-43)30-46-38(16-6)40(18-8)50(55-46)48(34-27-23-32(12-2)24-28-34)52-42(20-10)41(19-9)51(47)56-52/h1-2,21-30,53-54H,13-20H2,3-10H3. The molecule has 0 aliphatic carbocycles. The van der Waals surface area contributed by atoms with Gasteiger partial charge in [0.25, 0.3) is 0 Å². The number of H-pyrrole nitrogens is 2. The summed E-state index contributed by atoms with van der Waals surface area (Å²) in [6, 6.07) is 21.5. The molecular formula is C52H54N4. The van der Waals surface area contributed by atoms with Crippen LogP contribution in [0.25, 0.3) is 66.6 Å². The fraction of sp³-hybridized carbons (Fsp3) is 0.308. The van der Waals surface area contributed by atoms with Gasteiger partial charge in [-0.2, -0.15) is 0 Å². The number of rotatable bonds is 10. The van der Waals surface area contributed by atoms with Gasteiger partial charge in [0.05, 0.1) is 28.3 Å². The number of nitrogens with one attached hydrogen (secondary N) is 2. The molecule has 5 heterocycles. The van der Waals surface area contributed by atoms with Crippen LogP contribution in [0.5, 0.6) is 0 Å². The zero-order chi connectivity index (χ0) is 39.7. The maximum Gasteiger partial charge on any atom is 0.0772 e. The van der Waals surface area contributed by atoms with Crippen LogP contribution in [0.2, 0.25) is 0 Å². The van der Waals surface area contributed by atoms with E-state index in [4.69, 9.17) is 22.8 Å². The van der Waals surface area contributed by atoms with Crippen LogP contribution in [-0.2, 0) is 25.7 Å². The van der Waals surface area contributed by atoms with Crippen molar-refractivity contribution in [3.8, 4) is 46.9 Å². The molecule has 0 saturated heterocycles. The first kappa shape index (κ1) is 38.4. The van der Waals surface area contributed by atoms with E-state index in [0.717, 1.165) is 130 Å². The zero-order valence-corrected chi connectivity index (χ0v) is 34.5. The quantitative estimate of drug-likeness (QED) is 0.140. The van der Waals surface area contributed by atoms with Crippen molar-refractivity contribution in [3.63, 3.8) is 0 Å². The predicted molar refractivity (Wildman–Crippen MR) is 240 cm³/mol. The van der Waals surface area contributed by atoms with E-state index in [1.807, 2.05) is 12.1 Å². The number of aryl methyl sites for hydroxylation is 4. The minimum atomic E-state index is 0.831. The van der Waals surface area contributed by atoms with Gasteiger partial charge >= 0.3 is 0 Å². The van der Waals surface area contributed by atoms with Crippen LogP contribution >= 0.6 is 0 Å².